The van der Waals surface area contributed by atoms with Gasteiger partial charge in [0.05, 0.1) is 5.56 Å². The minimum Gasteiger partial charge on any atom is -0.244 e. The molecule has 8 heteroatoms. The van der Waals surface area contributed by atoms with Gasteiger partial charge in [0.2, 0.25) is 0 Å². The van der Waals surface area contributed by atoms with Crippen LogP contribution in [0.4, 0.5) is 0 Å². The minimum absolute atomic E-state index is 0.381. The van der Waals surface area contributed by atoms with Gasteiger partial charge in [0, 0.05) is 5.69 Å². The van der Waals surface area contributed by atoms with Gasteiger partial charge in [-0.15, -0.1) is 10.2 Å². The summed E-state index contributed by atoms with van der Waals surface area (Å²) in [6.07, 6.45) is 6.20. The highest BCUT2D eigenvalue weighted by Gasteiger charge is 2.22. The molecule has 0 aliphatic heterocycles. The highest BCUT2D eigenvalue weighted by molar-refractivity contribution is 8.03. The van der Waals surface area contributed by atoms with Crippen LogP contribution in [0.1, 0.15) is 55.0 Å². The SMILES string of the molecule is CCSc1nnc(Sc2nc3c(c(C#N)c2C#N)CCCCCC3)s1. The average molecular weight is 388 g/mol. The fraction of sp³-hybridized carbons (Fsp3) is 0.471. The molecule has 0 spiro atoms. The van der Waals surface area contributed by atoms with Gasteiger partial charge in [0.15, 0.2) is 8.68 Å². The van der Waals surface area contributed by atoms with Crippen molar-refractivity contribution in [3.63, 3.8) is 0 Å². The molecule has 0 N–H and O–H groups in total. The topological polar surface area (TPSA) is 86.2 Å². The van der Waals surface area contributed by atoms with Crippen LogP contribution in [0.3, 0.4) is 0 Å². The van der Waals surface area contributed by atoms with E-state index in [9.17, 15) is 10.5 Å². The zero-order chi connectivity index (χ0) is 17.6. The van der Waals surface area contributed by atoms with Crippen molar-refractivity contribution in [3.05, 3.63) is 22.4 Å². The number of nitrogens with zero attached hydrogens (tertiary/aromatic N) is 5. The van der Waals surface area contributed by atoms with E-state index in [-0.39, 0.29) is 0 Å². The van der Waals surface area contributed by atoms with Crippen LogP contribution in [-0.4, -0.2) is 20.9 Å². The molecule has 0 fully saturated rings. The molecule has 0 atom stereocenters. The van der Waals surface area contributed by atoms with E-state index in [1.807, 2.05) is 0 Å². The second kappa shape index (κ2) is 8.66. The van der Waals surface area contributed by atoms with Crippen molar-refractivity contribution >= 4 is 34.9 Å². The Morgan fingerprint density at radius 1 is 1.00 bits per heavy atom. The van der Waals surface area contributed by atoms with Crippen LogP contribution < -0.4 is 0 Å². The van der Waals surface area contributed by atoms with Gasteiger partial charge in [0.25, 0.3) is 0 Å². The van der Waals surface area contributed by atoms with Crippen molar-refractivity contribution in [1.29, 1.82) is 10.5 Å². The van der Waals surface area contributed by atoms with Crippen molar-refractivity contribution in [2.45, 2.75) is 59.2 Å². The Morgan fingerprint density at radius 2 is 1.72 bits per heavy atom. The van der Waals surface area contributed by atoms with Crippen LogP contribution in [0.2, 0.25) is 0 Å². The van der Waals surface area contributed by atoms with Crippen LogP contribution in [0.25, 0.3) is 0 Å². The zero-order valence-corrected chi connectivity index (χ0v) is 16.4. The Labute approximate surface area is 159 Å². The average Bonchev–Trinajstić information content (AvgIpc) is 3.03. The predicted molar refractivity (Wildman–Crippen MR) is 100.0 cm³/mol. The summed E-state index contributed by atoms with van der Waals surface area (Å²) in [6, 6.07) is 4.46. The first kappa shape index (κ1) is 18.2. The summed E-state index contributed by atoms with van der Waals surface area (Å²) in [7, 11) is 0. The largest absolute Gasteiger partial charge is 0.244 e. The molecule has 0 radical (unpaired) electrons. The first-order valence-electron chi connectivity index (χ1n) is 8.27. The molecule has 0 aromatic carbocycles. The molecule has 2 heterocycles. The van der Waals surface area contributed by atoms with Crippen LogP contribution in [-0.2, 0) is 12.8 Å². The quantitative estimate of drug-likeness (QED) is 0.709. The van der Waals surface area contributed by atoms with Crippen LogP contribution >= 0.6 is 34.9 Å². The molecule has 0 unspecified atom stereocenters. The van der Waals surface area contributed by atoms with Gasteiger partial charge in [-0.05, 0) is 48.8 Å². The first-order valence-corrected chi connectivity index (χ1v) is 10.9. The Morgan fingerprint density at radius 3 is 2.44 bits per heavy atom. The van der Waals surface area contributed by atoms with E-state index < -0.39 is 0 Å². The van der Waals surface area contributed by atoms with Gasteiger partial charge >= 0.3 is 0 Å². The van der Waals surface area contributed by atoms with Gasteiger partial charge in [-0.25, -0.2) is 4.98 Å². The number of pyridine rings is 1. The Bertz CT molecular complexity index is 847. The number of nitriles is 2. The lowest BCUT2D eigenvalue weighted by atomic mass is 9.92. The molecule has 3 rings (SSSR count). The lowest BCUT2D eigenvalue weighted by Crippen LogP contribution is -2.09. The van der Waals surface area contributed by atoms with E-state index in [4.69, 9.17) is 4.98 Å². The third-order valence-electron chi connectivity index (χ3n) is 4.00. The van der Waals surface area contributed by atoms with Gasteiger partial charge in [-0.3, -0.25) is 0 Å². The van der Waals surface area contributed by atoms with E-state index in [1.165, 1.54) is 35.9 Å². The number of fused-ring (bicyclic) bond motifs is 1. The molecule has 0 saturated carbocycles. The summed E-state index contributed by atoms with van der Waals surface area (Å²) in [5.41, 5.74) is 2.84. The van der Waals surface area contributed by atoms with E-state index in [0.717, 1.165) is 51.4 Å². The minimum atomic E-state index is 0.381. The summed E-state index contributed by atoms with van der Waals surface area (Å²) >= 11 is 4.49. The number of thioether (sulfide) groups is 1. The predicted octanol–water partition coefficient (Wildman–Crippen LogP) is 4.60. The Hall–Kier alpha value is -1.61. The normalized spacial score (nSPS) is 14.0. The smallest absolute Gasteiger partial charge is 0.181 e. The highest BCUT2D eigenvalue weighted by atomic mass is 32.2. The van der Waals surface area contributed by atoms with Gasteiger partial charge in [0.1, 0.15) is 22.7 Å². The van der Waals surface area contributed by atoms with Crippen molar-refractivity contribution < 1.29 is 0 Å². The van der Waals surface area contributed by atoms with Crippen LogP contribution in [0.15, 0.2) is 13.7 Å². The second-order valence-electron chi connectivity index (χ2n) is 5.60. The summed E-state index contributed by atoms with van der Waals surface area (Å²) in [6.45, 7) is 2.07. The van der Waals surface area contributed by atoms with Crippen molar-refractivity contribution in [3.8, 4) is 12.1 Å². The monoisotopic (exact) mass is 387 g/mol. The summed E-state index contributed by atoms with van der Waals surface area (Å²) < 4.78 is 1.67. The molecule has 1 aliphatic rings. The van der Waals surface area contributed by atoms with Crippen LogP contribution in [0, 0.1) is 22.7 Å². The number of aromatic nitrogens is 3. The lowest BCUT2D eigenvalue weighted by molar-refractivity contribution is 0.604. The molecule has 1 aliphatic carbocycles. The fourth-order valence-corrected chi connectivity index (χ4v) is 5.81. The third-order valence-corrected chi connectivity index (χ3v) is 6.98. The molecule has 25 heavy (non-hydrogen) atoms. The number of hydrogen-bond donors (Lipinski definition) is 0. The molecule has 128 valence electrons. The molecular formula is C17H17N5S3. The Balaban J connectivity index is 2.01. The lowest BCUT2D eigenvalue weighted by Gasteiger charge is -2.16. The first-order chi connectivity index (χ1) is 12.3. The van der Waals surface area contributed by atoms with Gasteiger partial charge < -0.3 is 0 Å². The molecule has 5 nitrogen and oxygen atoms in total. The van der Waals surface area contributed by atoms with E-state index in [0.29, 0.717) is 16.2 Å². The van der Waals surface area contributed by atoms with Crippen LogP contribution in [0.5, 0.6) is 0 Å². The second-order valence-corrected chi connectivity index (χ2v) is 9.32. The molecule has 2 aromatic rings. The van der Waals surface area contributed by atoms with E-state index >= 15 is 0 Å². The standard InChI is InChI=1S/C17H17N5S3/c1-2-23-16-21-22-17(25-16)24-15-13(10-19)12(9-18)11-7-5-3-4-6-8-14(11)20-15/h2-8H2,1H3. The number of aryl methyl sites for hydroxylation is 1. The van der Waals surface area contributed by atoms with Gasteiger partial charge in [-0.1, -0.05) is 42.9 Å². The molecule has 0 saturated heterocycles. The molecule has 0 bridgehead atoms. The van der Waals surface area contributed by atoms with E-state index in [2.05, 4.69) is 29.3 Å². The summed E-state index contributed by atoms with van der Waals surface area (Å²) in [5, 5.41) is 28.2. The molecule has 0 amide bonds. The van der Waals surface area contributed by atoms with Crippen molar-refractivity contribution in [2.24, 2.45) is 0 Å². The maximum atomic E-state index is 9.67. The Kier molecular flexibility index (Phi) is 6.30. The summed E-state index contributed by atoms with van der Waals surface area (Å²) in [4.78, 5) is 4.77. The summed E-state index contributed by atoms with van der Waals surface area (Å²) in [5.74, 6) is 0.943. The van der Waals surface area contributed by atoms with Crippen molar-refractivity contribution in [1.82, 2.24) is 15.2 Å². The fourth-order valence-electron chi connectivity index (χ4n) is 2.88. The molecule has 2 aromatic heterocycles. The number of hydrogen-bond acceptors (Lipinski definition) is 8. The van der Waals surface area contributed by atoms with Gasteiger partial charge in [-0.2, -0.15) is 10.5 Å². The molecular weight excluding hydrogens is 370 g/mol. The maximum Gasteiger partial charge on any atom is 0.181 e. The van der Waals surface area contributed by atoms with Crippen molar-refractivity contribution in [2.75, 3.05) is 5.75 Å². The number of rotatable bonds is 4. The van der Waals surface area contributed by atoms with E-state index in [1.54, 1.807) is 11.8 Å². The third kappa shape index (κ3) is 4.14. The highest BCUT2D eigenvalue weighted by Crippen LogP contribution is 2.37. The maximum absolute atomic E-state index is 9.67. The zero-order valence-electron chi connectivity index (χ0n) is 13.9.